The van der Waals surface area contributed by atoms with Gasteiger partial charge >= 0.3 is 5.97 Å². The van der Waals surface area contributed by atoms with Crippen LogP contribution in [0.4, 0.5) is 5.69 Å². The zero-order valence-electron chi connectivity index (χ0n) is 14.3. The molecular weight excluding hydrogens is 318 g/mol. The van der Waals surface area contributed by atoms with Crippen LogP contribution in [0.15, 0.2) is 47.7 Å². The lowest BCUT2D eigenvalue weighted by Gasteiger charge is -2.44. The third-order valence-corrected chi connectivity index (χ3v) is 5.63. The number of ether oxygens (including phenoxy) is 1. The first kappa shape index (κ1) is 16.4. The van der Waals surface area contributed by atoms with Gasteiger partial charge in [0.15, 0.2) is 6.73 Å². The number of amidine groups is 1. The molecule has 2 bridgehead atoms. The summed E-state index contributed by atoms with van der Waals surface area (Å²) in [5, 5.41) is 10.0. The van der Waals surface area contributed by atoms with E-state index < -0.39 is 0 Å². The van der Waals surface area contributed by atoms with E-state index in [9.17, 15) is 9.90 Å². The van der Waals surface area contributed by atoms with E-state index in [2.05, 4.69) is 9.89 Å². The fourth-order valence-corrected chi connectivity index (χ4v) is 4.13. The molecule has 3 saturated heterocycles. The first-order chi connectivity index (χ1) is 12.2. The van der Waals surface area contributed by atoms with Gasteiger partial charge in [0, 0.05) is 18.7 Å². The topological polar surface area (TPSA) is 62.1 Å². The van der Waals surface area contributed by atoms with Gasteiger partial charge in [-0.2, -0.15) is 4.48 Å². The van der Waals surface area contributed by atoms with Crippen molar-refractivity contribution < 1.29 is 14.6 Å². The number of hydrogen-bond donors (Lipinski definition) is 1. The molecule has 25 heavy (non-hydrogen) atoms. The molecule has 6 heteroatoms. The lowest BCUT2D eigenvalue weighted by atomic mass is 9.86. The fraction of sp³-hybridized carbons (Fsp3) is 0.474. The molecule has 0 aliphatic carbocycles. The number of aliphatic imine (C=N–C) groups is 1. The third-order valence-electron chi connectivity index (χ3n) is 5.63. The molecule has 2 atom stereocenters. The van der Waals surface area contributed by atoms with Crippen LogP contribution in [-0.2, 0) is 9.53 Å². The Hall–Kier alpha value is -2.02. The Morgan fingerprint density at radius 2 is 2.04 bits per heavy atom. The number of esters is 1. The molecule has 4 aliphatic heterocycles. The van der Waals surface area contributed by atoms with Gasteiger partial charge in [0.2, 0.25) is 5.84 Å². The molecule has 132 valence electrons. The number of para-hydroxylation sites is 1. The second kappa shape index (κ2) is 6.71. The molecular formula is C19H24N3O3+. The van der Waals surface area contributed by atoms with Crippen molar-refractivity contribution in [1.29, 1.82) is 0 Å². The number of carbonyl (C=O) groups is 1. The van der Waals surface area contributed by atoms with Gasteiger partial charge in [0.05, 0.1) is 6.20 Å². The average molecular weight is 342 g/mol. The van der Waals surface area contributed by atoms with Gasteiger partial charge < -0.3 is 9.84 Å². The first-order valence-corrected chi connectivity index (χ1v) is 8.92. The van der Waals surface area contributed by atoms with Crippen LogP contribution < -0.4 is 4.48 Å². The van der Waals surface area contributed by atoms with E-state index in [0.717, 1.165) is 38.2 Å². The normalized spacial score (nSPS) is 33.3. The van der Waals surface area contributed by atoms with Crippen molar-refractivity contribution in [3.05, 3.63) is 42.7 Å². The van der Waals surface area contributed by atoms with Crippen molar-refractivity contribution in [3.63, 3.8) is 0 Å². The van der Waals surface area contributed by atoms with Gasteiger partial charge in [-0.3, -0.25) is 9.69 Å². The molecule has 6 nitrogen and oxygen atoms in total. The summed E-state index contributed by atoms with van der Waals surface area (Å²) in [5.41, 5.74) is 0.883. The predicted molar refractivity (Wildman–Crippen MR) is 95.6 cm³/mol. The van der Waals surface area contributed by atoms with Crippen LogP contribution in [0.25, 0.3) is 0 Å². The van der Waals surface area contributed by atoms with E-state index >= 15 is 0 Å². The Morgan fingerprint density at radius 3 is 2.68 bits per heavy atom. The summed E-state index contributed by atoms with van der Waals surface area (Å²) in [5.74, 6) is 0.830. The molecule has 5 rings (SSSR count). The van der Waals surface area contributed by atoms with Crippen molar-refractivity contribution >= 4 is 17.5 Å². The maximum Gasteiger partial charge on any atom is 0.317 e. The number of fused-ring (bicyclic) bond motifs is 3. The minimum atomic E-state index is -0.256. The summed E-state index contributed by atoms with van der Waals surface area (Å²) in [6.45, 7) is 2.91. The van der Waals surface area contributed by atoms with E-state index in [0.29, 0.717) is 11.8 Å². The SMILES string of the molecule is O=C(CC1=NC=C[N+]1(CO)c1ccccc1)OC1CN2CCC1CC2. The summed E-state index contributed by atoms with van der Waals surface area (Å²) in [6.07, 6.45) is 5.78. The van der Waals surface area contributed by atoms with Crippen molar-refractivity contribution in [3.8, 4) is 0 Å². The number of hydrogen-bond acceptors (Lipinski definition) is 5. The fourth-order valence-electron chi connectivity index (χ4n) is 4.13. The number of aliphatic hydroxyl groups excluding tert-OH is 1. The van der Waals surface area contributed by atoms with Crippen LogP contribution in [0.5, 0.6) is 0 Å². The van der Waals surface area contributed by atoms with Crippen LogP contribution in [-0.4, -0.2) is 54.3 Å². The van der Waals surface area contributed by atoms with Crippen molar-refractivity contribution in [2.75, 3.05) is 26.4 Å². The second-order valence-corrected chi connectivity index (χ2v) is 7.03. The van der Waals surface area contributed by atoms with Crippen LogP contribution in [0.2, 0.25) is 0 Å². The third kappa shape index (κ3) is 3.01. The molecule has 2 unspecified atom stereocenters. The molecule has 1 aromatic carbocycles. The van der Waals surface area contributed by atoms with Gasteiger partial charge in [-0.25, -0.2) is 4.99 Å². The maximum atomic E-state index is 12.5. The molecule has 0 amide bonds. The molecule has 3 fully saturated rings. The Balaban J connectivity index is 1.45. The number of aliphatic hydroxyl groups is 1. The molecule has 0 aromatic heterocycles. The van der Waals surface area contributed by atoms with E-state index in [4.69, 9.17) is 4.74 Å². The van der Waals surface area contributed by atoms with Crippen LogP contribution in [0.1, 0.15) is 19.3 Å². The van der Waals surface area contributed by atoms with Gasteiger partial charge in [0.1, 0.15) is 24.4 Å². The Morgan fingerprint density at radius 1 is 1.28 bits per heavy atom. The lowest BCUT2D eigenvalue weighted by Crippen LogP contribution is -2.53. The first-order valence-electron chi connectivity index (χ1n) is 8.92. The van der Waals surface area contributed by atoms with Gasteiger partial charge in [-0.15, -0.1) is 0 Å². The monoisotopic (exact) mass is 342 g/mol. The molecule has 4 aliphatic rings. The molecule has 0 radical (unpaired) electrons. The van der Waals surface area contributed by atoms with Crippen LogP contribution in [0.3, 0.4) is 0 Å². The minimum Gasteiger partial charge on any atom is -0.460 e. The summed E-state index contributed by atoms with van der Waals surface area (Å²) >= 11 is 0. The zero-order chi connectivity index (χ0) is 17.3. The van der Waals surface area contributed by atoms with E-state index in [1.54, 1.807) is 6.20 Å². The van der Waals surface area contributed by atoms with Gasteiger partial charge in [0.25, 0.3) is 0 Å². The van der Waals surface area contributed by atoms with E-state index in [-0.39, 0.29) is 29.7 Å². The zero-order valence-corrected chi connectivity index (χ0v) is 14.3. The maximum absolute atomic E-state index is 12.5. The van der Waals surface area contributed by atoms with E-state index in [1.807, 2.05) is 36.5 Å². The smallest absolute Gasteiger partial charge is 0.317 e. The number of nitrogens with zero attached hydrogens (tertiary/aromatic N) is 3. The average Bonchev–Trinajstić information content (AvgIpc) is 3.07. The van der Waals surface area contributed by atoms with Crippen molar-refractivity contribution in [2.24, 2.45) is 10.9 Å². The highest BCUT2D eigenvalue weighted by molar-refractivity contribution is 6.05. The number of benzene rings is 1. The van der Waals surface area contributed by atoms with E-state index in [1.165, 1.54) is 0 Å². The van der Waals surface area contributed by atoms with Gasteiger partial charge in [-0.1, -0.05) is 18.2 Å². The Bertz CT molecular complexity index is 695. The highest BCUT2D eigenvalue weighted by Crippen LogP contribution is 2.31. The highest BCUT2D eigenvalue weighted by Gasteiger charge is 2.41. The summed E-state index contributed by atoms with van der Waals surface area (Å²) in [7, 11) is 0. The second-order valence-electron chi connectivity index (χ2n) is 7.03. The standard InChI is InChI=1S/C19H24N3O3/c23-14-22(16-4-2-1-3-5-16)11-8-20-18(22)12-19(24)25-17-13-21-9-6-15(17)7-10-21/h1-5,8,11,15,17,23H,6-7,9-10,12-14H2/q+1. The summed E-state index contributed by atoms with van der Waals surface area (Å²) in [4.78, 5) is 19.3. The van der Waals surface area contributed by atoms with Crippen molar-refractivity contribution in [1.82, 2.24) is 9.38 Å². The number of piperidine rings is 3. The number of rotatable bonds is 5. The number of carbonyl (C=O) groups excluding carboxylic acids is 1. The molecule has 0 saturated carbocycles. The van der Waals surface area contributed by atoms with Crippen LogP contribution in [0, 0.1) is 5.92 Å². The molecule has 1 aromatic rings. The van der Waals surface area contributed by atoms with Crippen LogP contribution >= 0.6 is 0 Å². The molecule has 4 heterocycles. The highest BCUT2D eigenvalue weighted by atomic mass is 16.5. The van der Waals surface area contributed by atoms with Crippen molar-refractivity contribution in [2.45, 2.75) is 25.4 Å². The summed E-state index contributed by atoms with van der Waals surface area (Å²) < 4.78 is 5.85. The van der Waals surface area contributed by atoms with Gasteiger partial charge in [-0.05, 0) is 31.8 Å². The molecule has 0 spiro atoms. The lowest BCUT2D eigenvalue weighted by molar-refractivity contribution is -0.157. The minimum absolute atomic E-state index is 0.00212. The Kier molecular flexibility index (Phi) is 4.41. The Labute approximate surface area is 147 Å². The largest absolute Gasteiger partial charge is 0.460 e. The molecule has 1 N–H and O–H groups in total. The summed E-state index contributed by atoms with van der Waals surface area (Å²) in [6, 6.07) is 9.62. The number of quaternary nitrogens is 1. The quantitative estimate of drug-likeness (QED) is 0.655. The predicted octanol–water partition coefficient (Wildman–Crippen LogP) is 1.85.